The van der Waals surface area contributed by atoms with Gasteiger partial charge >= 0.3 is 0 Å². The first kappa shape index (κ1) is 20.5. The standard InChI is InChI=1S/C25H21ClN2O4/c1-28-18-10-13(6-5-9-29)20(32-2)12-16(18)21-19(28)11-15(14-7-3-4-8-17(14)26)22-23(21)25(31)27-24(22)30/h3-4,7-8,10-12,29H,5-6,9H2,1-2H3,(H,27,30,31). The molecule has 0 fully saturated rings. The first-order valence-corrected chi connectivity index (χ1v) is 10.7. The summed E-state index contributed by atoms with van der Waals surface area (Å²) in [6, 6.07) is 13.2. The minimum absolute atomic E-state index is 0.0906. The highest BCUT2D eigenvalue weighted by Gasteiger charge is 2.34. The second-order valence-corrected chi connectivity index (χ2v) is 8.31. The van der Waals surface area contributed by atoms with Crippen LogP contribution in [0.25, 0.3) is 32.9 Å². The second kappa shape index (κ2) is 7.65. The quantitative estimate of drug-likeness (QED) is 0.441. The summed E-state index contributed by atoms with van der Waals surface area (Å²) in [6.45, 7) is 0.0906. The zero-order chi connectivity index (χ0) is 22.6. The number of rotatable bonds is 5. The highest BCUT2D eigenvalue weighted by atomic mass is 35.5. The molecule has 0 bridgehead atoms. The molecule has 32 heavy (non-hydrogen) atoms. The van der Waals surface area contributed by atoms with Crippen molar-refractivity contribution in [2.24, 2.45) is 7.05 Å². The van der Waals surface area contributed by atoms with Gasteiger partial charge in [0, 0.05) is 40.5 Å². The number of aliphatic hydroxyl groups is 1. The number of nitrogens with zero attached hydrogens (tertiary/aromatic N) is 1. The van der Waals surface area contributed by atoms with Gasteiger partial charge in [-0.3, -0.25) is 14.9 Å². The summed E-state index contributed by atoms with van der Waals surface area (Å²) in [5.74, 6) is -0.155. The Kier molecular flexibility index (Phi) is 4.92. The average molecular weight is 449 g/mol. The van der Waals surface area contributed by atoms with E-state index in [2.05, 4.69) is 5.32 Å². The Balaban J connectivity index is 1.92. The van der Waals surface area contributed by atoms with Gasteiger partial charge in [-0.1, -0.05) is 29.8 Å². The van der Waals surface area contributed by atoms with Crippen LogP contribution < -0.4 is 10.1 Å². The Hall–Kier alpha value is -3.35. The Morgan fingerprint density at radius 2 is 1.78 bits per heavy atom. The summed E-state index contributed by atoms with van der Waals surface area (Å²) < 4.78 is 7.63. The molecule has 0 aliphatic carbocycles. The number of carbonyl (C=O) groups excluding carboxylic acids is 2. The number of hydrogen-bond donors (Lipinski definition) is 2. The molecule has 3 aromatic carbocycles. The predicted octanol–water partition coefficient (Wildman–Crippen LogP) is 4.47. The number of nitrogens with one attached hydrogen (secondary N) is 1. The normalized spacial score (nSPS) is 13.1. The number of aromatic nitrogens is 1. The molecule has 0 saturated carbocycles. The number of ether oxygens (including phenoxy) is 1. The zero-order valence-electron chi connectivity index (χ0n) is 17.7. The number of benzene rings is 3. The molecule has 2 heterocycles. The van der Waals surface area contributed by atoms with Gasteiger partial charge < -0.3 is 14.4 Å². The topological polar surface area (TPSA) is 80.6 Å². The first-order valence-electron chi connectivity index (χ1n) is 10.3. The third kappa shape index (κ3) is 2.91. The van der Waals surface area contributed by atoms with Crippen molar-refractivity contribution in [1.29, 1.82) is 0 Å². The second-order valence-electron chi connectivity index (χ2n) is 7.90. The van der Waals surface area contributed by atoms with Crippen LogP contribution in [0.4, 0.5) is 0 Å². The minimum Gasteiger partial charge on any atom is -0.496 e. The average Bonchev–Trinajstić information content (AvgIpc) is 3.24. The number of fused-ring (bicyclic) bond motifs is 5. The van der Waals surface area contributed by atoms with E-state index < -0.39 is 11.8 Å². The van der Waals surface area contributed by atoms with E-state index >= 15 is 0 Å². The molecular weight excluding hydrogens is 428 g/mol. The van der Waals surface area contributed by atoms with Crippen molar-refractivity contribution in [3.63, 3.8) is 0 Å². The van der Waals surface area contributed by atoms with Crippen molar-refractivity contribution < 1.29 is 19.4 Å². The van der Waals surface area contributed by atoms with E-state index in [9.17, 15) is 14.7 Å². The van der Waals surface area contributed by atoms with Gasteiger partial charge in [-0.25, -0.2) is 0 Å². The van der Waals surface area contributed by atoms with E-state index in [0.717, 1.165) is 22.0 Å². The van der Waals surface area contributed by atoms with Gasteiger partial charge in [-0.05, 0) is 48.2 Å². The molecule has 0 saturated heterocycles. The van der Waals surface area contributed by atoms with Crippen LogP contribution in [-0.4, -0.2) is 35.2 Å². The van der Waals surface area contributed by atoms with Gasteiger partial charge in [0.2, 0.25) is 0 Å². The molecule has 1 aromatic heterocycles. The van der Waals surface area contributed by atoms with Crippen molar-refractivity contribution >= 4 is 45.2 Å². The predicted molar refractivity (Wildman–Crippen MR) is 125 cm³/mol. The Morgan fingerprint density at radius 3 is 2.50 bits per heavy atom. The first-order chi connectivity index (χ1) is 15.5. The van der Waals surface area contributed by atoms with E-state index in [1.807, 2.05) is 48.0 Å². The maximum atomic E-state index is 12.9. The molecular formula is C25H21ClN2O4. The number of imide groups is 1. The summed E-state index contributed by atoms with van der Waals surface area (Å²) >= 11 is 6.46. The minimum atomic E-state index is -0.426. The SMILES string of the molecule is COc1cc2c3c4c(c(-c5ccccc5Cl)cc3n(C)c2cc1CCCO)C(=O)NC4=O. The van der Waals surface area contributed by atoms with Gasteiger partial charge in [-0.15, -0.1) is 0 Å². The number of aryl methyl sites for hydroxylation is 2. The van der Waals surface area contributed by atoms with Crippen LogP contribution in [0.1, 0.15) is 32.7 Å². The van der Waals surface area contributed by atoms with E-state index in [-0.39, 0.29) is 6.61 Å². The van der Waals surface area contributed by atoms with E-state index in [1.54, 1.807) is 13.2 Å². The van der Waals surface area contributed by atoms with Crippen LogP contribution in [-0.2, 0) is 13.5 Å². The number of hydrogen-bond acceptors (Lipinski definition) is 4. The number of methoxy groups -OCH3 is 1. The van der Waals surface area contributed by atoms with Crippen molar-refractivity contribution in [3.8, 4) is 16.9 Å². The van der Waals surface area contributed by atoms with Crippen molar-refractivity contribution in [1.82, 2.24) is 9.88 Å². The highest BCUT2D eigenvalue weighted by Crippen LogP contribution is 2.43. The fraction of sp³-hybridized carbons (Fsp3) is 0.200. The largest absolute Gasteiger partial charge is 0.496 e. The fourth-order valence-corrected chi connectivity index (χ4v) is 4.90. The lowest BCUT2D eigenvalue weighted by Crippen LogP contribution is -2.20. The summed E-state index contributed by atoms with van der Waals surface area (Å²) in [4.78, 5) is 25.8. The maximum absolute atomic E-state index is 12.9. The summed E-state index contributed by atoms with van der Waals surface area (Å²) in [6.07, 6.45) is 1.29. The molecule has 5 rings (SSSR count). The smallest absolute Gasteiger partial charge is 0.259 e. The number of aliphatic hydroxyl groups excluding tert-OH is 1. The van der Waals surface area contributed by atoms with Crippen molar-refractivity contribution in [2.45, 2.75) is 12.8 Å². The number of amides is 2. The molecule has 0 atom stereocenters. The molecule has 0 spiro atoms. The van der Waals surface area contributed by atoms with Crippen LogP contribution in [0.3, 0.4) is 0 Å². The van der Waals surface area contributed by atoms with Crippen LogP contribution in [0.2, 0.25) is 5.02 Å². The molecule has 0 unspecified atom stereocenters. The number of carbonyl (C=O) groups is 2. The van der Waals surface area contributed by atoms with E-state index in [1.165, 1.54) is 0 Å². The number of halogens is 1. The summed E-state index contributed by atoms with van der Waals surface area (Å²) in [5.41, 5.74) is 4.73. The van der Waals surface area contributed by atoms with Crippen LogP contribution >= 0.6 is 11.6 Å². The molecule has 4 aromatic rings. The molecule has 6 nitrogen and oxygen atoms in total. The summed E-state index contributed by atoms with van der Waals surface area (Å²) in [7, 11) is 3.54. The third-order valence-electron chi connectivity index (χ3n) is 6.15. The Labute approximate surface area is 189 Å². The van der Waals surface area contributed by atoms with Gasteiger partial charge in [0.15, 0.2) is 0 Å². The van der Waals surface area contributed by atoms with Gasteiger partial charge in [0.25, 0.3) is 11.8 Å². The Bertz CT molecular complexity index is 1440. The van der Waals surface area contributed by atoms with Gasteiger partial charge in [0.05, 0.1) is 23.8 Å². The summed E-state index contributed by atoms with van der Waals surface area (Å²) in [5, 5.41) is 13.8. The monoisotopic (exact) mass is 448 g/mol. The van der Waals surface area contributed by atoms with Gasteiger partial charge in [0.1, 0.15) is 5.75 Å². The van der Waals surface area contributed by atoms with E-state index in [0.29, 0.717) is 51.3 Å². The molecule has 2 amide bonds. The molecule has 7 heteroatoms. The molecule has 0 radical (unpaired) electrons. The lowest BCUT2D eigenvalue weighted by Gasteiger charge is -2.10. The maximum Gasteiger partial charge on any atom is 0.259 e. The van der Waals surface area contributed by atoms with Crippen LogP contribution in [0, 0.1) is 0 Å². The van der Waals surface area contributed by atoms with Gasteiger partial charge in [-0.2, -0.15) is 0 Å². The molecule has 1 aliphatic heterocycles. The molecule has 162 valence electrons. The molecule has 1 aliphatic rings. The van der Waals surface area contributed by atoms with E-state index in [4.69, 9.17) is 16.3 Å². The van der Waals surface area contributed by atoms with Crippen molar-refractivity contribution in [3.05, 3.63) is 64.2 Å². The lowest BCUT2D eigenvalue weighted by molar-refractivity contribution is 0.0880. The Morgan fingerprint density at radius 1 is 1.03 bits per heavy atom. The lowest BCUT2D eigenvalue weighted by atomic mass is 9.92. The fourth-order valence-electron chi connectivity index (χ4n) is 4.66. The highest BCUT2D eigenvalue weighted by molar-refractivity contribution is 6.36. The van der Waals surface area contributed by atoms with Crippen molar-refractivity contribution in [2.75, 3.05) is 13.7 Å². The zero-order valence-corrected chi connectivity index (χ0v) is 18.4. The third-order valence-corrected chi connectivity index (χ3v) is 6.48. The molecule has 2 N–H and O–H groups in total. The van der Waals surface area contributed by atoms with Crippen LogP contribution in [0.5, 0.6) is 5.75 Å². The van der Waals surface area contributed by atoms with Crippen LogP contribution in [0.15, 0.2) is 42.5 Å².